The summed E-state index contributed by atoms with van der Waals surface area (Å²) in [5.41, 5.74) is -0.111. The first-order valence-electron chi connectivity index (χ1n) is 3.19. The van der Waals surface area contributed by atoms with Crippen LogP contribution in [-0.2, 0) is 4.74 Å². The van der Waals surface area contributed by atoms with Gasteiger partial charge in [-0.1, -0.05) is 0 Å². The molecule has 10 heavy (non-hydrogen) atoms. The molecule has 0 radical (unpaired) electrons. The van der Waals surface area contributed by atoms with Crippen molar-refractivity contribution in [1.82, 2.24) is 0 Å². The van der Waals surface area contributed by atoms with Crippen molar-refractivity contribution in [3.05, 3.63) is 11.4 Å². The van der Waals surface area contributed by atoms with Crippen LogP contribution < -0.4 is 0 Å². The van der Waals surface area contributed by atoms with Gasteiger partial charge in [-0.15, -0.1) is 0 Å². The van der Waals surface area contributed by atoms with Gasteiger partial charge in [0.2, 0.25) is 0 Å². The lowest BCUT2D eigenvalue weighted by atomic mass is 10.1. The summed E-state index contributed by atoms with van der Waals surface area (Å²) in [4.78, 5) is 7.37. The van der Waals surface area contributed by atoms with Gasteiger partial charge in [0.1, 0.15) is 6.61 Å². The van der Waals surface area contributed by atoms with Gasteiger partial charge in [-0.3, -0.25) is 0 Å². The number of hydrogen-bond donors (Lipinski definition) is 0. The highest BCUT2D eigenvalue weighted by Gasteiger charge is 2.27. The zero-order valence-corrected chi connectivity index (χ0v) is 6.22. The second-order valence-electron chi connectivity index (χ2n) is 2.92. The van der Waals surface area contributed by atoms with Crippen molar-refractivity contribution in [1.29, 1.82) is 0 Å². The van der Waals surface area contributed by atoms with E-state index in [1.165, 1.54) is 0 Å². The van der Waals surface area contributed by atoms with Crippen molar-refractivity contribution in [3.8, 4) is 0 Å². The van der Waals surface area contributed by atoms with Crippen molar-refractivity contribution in [2.45, 2.75) is 19.4 Å². The maximum atomic E-state index is 6.56. The number of rotatable bonds is 1. The summed E-state index contributed by atoms with van der Waals surface area (Å²) in [7, 11) is 0. The maximum Gasteiger partial charge on any atom is 0.288 e. The van der Waals surface area contributed by atoms with Gasteiger partial charge >= 0.3 is 0 Å². The summed E-state index contributed by atoms with van der Waals surface area (Å²) < 4.78 is 5.14. The average molecular weight is 138 g/mol. The first-order chi connectivity index (χ1) is 4.64. The van der Waals surface area contributed by atoms with Gasteiger partial charge in [0.05, 0.1) is 5.54 Å². The molecule has 0 spiro atoms. The SMILES string of the molecule is [C-]#[N+]CC1=NC(C)(C)CO1. The van der Waals surface area contributed by atoms with Crippen LogP contribution in [0, 0.1) is 6.57 Å². The minimum Gasteiger partial charge on any atom is -0.473 e. The van der Waals surface area contributed by atoms with Crippen molar-refractivity contribution < 1.29 is 4.74 Å². The lowest BCUT2D eigenvalue weighted by molar-refractivity contribution is 0.277. The van der Waals surface area contributed by atoms with E-state index in [1.54, 1.807) is 0 Å². The normalized spacial score (nSPS) is 21.1. The molecule has 0 amide bonds. The van der Waals surface area contributed by atoms with E-state index in [9.17, 15) is 0 Å². The monoisotopic (exact) mass is 138 g/mol. The first kappa shape index (κ1) is 7.07. The molecular formula is C7H10N2O. The lowest BCUT2D eigenvalue weighted by Crippen LogP contribution is -2.17. The summed E-state index contributed by atoms with van der Waals surface area (Å²) in [5, 5.41) is 0. The van der Waals surface area contributed by atoms with E-state index >= 15 is 0 Å². The number of nitrogens with zero attached hydrogens (tertiary/aromatic N) is 2. The van der Waals surface area contributed by atoms with Gasteiger partial charge in [0.15, 0.2) is 0 Å². The Morgan fingerprint density at radius 1 is 1.80 bits per heavy atom. The molecule has 54 valence electrons. The van der Waals surface area contributed by atoms with E-state index in [0.717, 1.165) is 0 Å². The second-order valence-corrected chi connectivity index (χ2v) is 2.92. The van der Waals surface area contributed by atoms with Crippen LogP contribution in [0.1, 0.15) is 13.8 Å². The Kier molecular flexibility index (Phi) is 1.62. The van der Waals surface area contributed by atoms with Gasteiger partial charge in [-0.2, -0.15) is 0 Å². The smallest absolute Gasteiger partial charge is 0.288 e. The minimum atomic E-state index is -0.111. The summed E-state index contributed by atoms with van der Waals surface area (Å²) >= 11 is 0. The molecule has 1 aliphatic heterocycles. The molecule has 3 heteroatoms. The van der Waals surface area contributed by atoms with Gasteiger partial charge in [-0.25, -0.2) is 11.6 Å². The number of aliphatic imine (C=N–C) groups is 1. The Bertz CT molecular complexity index is 200. The third kappa shape index (κ3) is 1.47. The summed E-state index contributed by atoms with van der Waals surface area (Å²) in [6.45, 7) is 11.4. The molecule has 0 saturated heterocycles. The van der Waals surface area contributed by atoms with Gasteiger partial charge in [0.25, 0.3) is 12.4 Å². The molecular weight excluding hydrogens is 128 g/mol. The Hall–Kier alpha value is -1.04. The minimum absolute atomic E-state index is 0.111. The zero-order chi connectivity index (χ0) is 7.61. The van der Waals surface area contributed by atoms with Crippen molar-refractivity contribution in [2.24, 2.45) is 4.99 Å². The molecule has 0 aromatic heterocycles. The van der Waals surface area contributed by atoms with Crippen molar-refractivity contribution >= 4 is 5.90 Å². The standard InChI is InChI=1S/C7H10N2O/c1-7(2)5-10-6(9-7)4-8-3/h4-5H2,1-2H3. The quantitative estimate of drug-likeness (QED) is 0.498. The van der Waals surface area contributed by atoms with Crippen LogP contribution in [0.4, 0.5) is 0 Å². The van der Waals surface area contributed by atoms with E-state index in [0.29, 0.717) is 12.5 Å². The molecule has 0 saturated carbocycles. The number of hydrogen-bond acceptors (Lipinski definition) is 2. The molecule has 0 N–H and O–H groups in total. The Morgan fingerprint density at radius 3 is 2.90 bits per heavy atom. The van der Waals surface area contributed by atoms with Gasteiger partial charge in [0, 0.05) is 0 Å². The Morgan fingerprint density at radius 2 is 2.50 bits per heavy atom. The fraction of sp³-hybridized carbons (Fsp3) is 0.714. The van der Waals surface area contributed by atoms with Gasteiger partial charge < -0.3 is 9.58 Å². The highest BCUT2D eigenvalue weighted by atomic mass is 16.5. The molecule has 3 nitrogen and oxygen atoms in total. The van der Waals surface area contributed by atoms with Crippen molar-refractivity contribution in [2.75, 3.05) is 13.2 Å². The topological polar surface area (TPSA) is 25.9 Å². The average Bonchev–Trinajstić information content (AvgIpc) is 2.12. The van der Waals surface area contributed by atoms with E-state index in [1.807, 2.05) is 13.8 Å². The first-order valence-corrected chi connectivity index (χ1v) is 3.19. The fourth-order valence-corrected chi connectivity index (χ4v) is 0.811. The molecule has 0 unspecified atom stereocenters. The molecule has 0 aromatic carbocycles. The molecule has 0 bridgehead atoms. The van der Waals surface area contributed by atoms with E-state index in [-0.39, 0.29) is 12.1 Å². The summed E-state index contributed by atoms with van der Waals surface area (Å²) in [6, 6.07) is 0. The van der Waals surface area contributed by atoms with E-state index in [2.05, 4.69) is 9.84 Å². The third-order valence-corrected chi connectivity index (χ3v) is 1.23. The number of ether oxygens (including phenoxy) is 1. The summed E-state index contributed by atoms with van der Waals surface area (Å²) in [6.07, 6.45) is 0. The molecule has 1 aliphatic rings. The molecule has 1 heterocycles. The zero-order valence-electron chi connectivity index (χ0n) is 6.22. The van der Waals surface area contributed by atoms with Crippen LogP contribution in [0.2, 0.25) is 0 Å². The van der Waals surface area contributed by atoms with Crippen LogP contribution in [0.5, 0.6) is 0 Å². The molecule has 1 rings (SSSR count). The molecule has 0 fully saturated rings. The molecule has 0 aromatic rings. The van der Waals surface area contributed by atoms with Crippen LogP contribution in [0.3, 0.4) is 0 Å². The highest BCUT2D eigenvalue weighted by Crippen LogP contribution is 2.16. The predicted octanol–water partition coefficient (Wildman–Crippen LogP) is 1.11. The summed E-state index contributed by atoms with van der Waals surface area (Å²) in [5.74, 6) is 0.583. The Labute approximate surface area is 60.5 Å². The van der Waals surface area contributed by atoms with E-state index < -0.39 is 0 Å². The fourth-order valence-electron chi connectivity index (χ4n) is 0.811. The highest BCUT2D eigenvalue weighted by molar-refractivity contribution is 5.81. The third-order valence-electron chi connectivity index (χ3n) is 1.23. The predicted molar refractivity (Wildman–Crippen MR) is 38.9 cm³/mol. The van der Waals surface area contributed by atoms with E-state index in [4.69, 9.17) is 11.3 Å². The van der Waals surface area contributed by atoms with Crippen LogP contribution >= 0.6 is 0 Å². The second kappa shape index (κ2) is 2.30. The Balaban J connectivity index is 2.59. The van der Waals surface area contributed by atoms with Gasteiger partial charge in [-0.05, 0) is 13.8 Å². The lowest BCUT2D eigenvalue weighted by Gasteiger charge is -2.07. The molecule has 0 atom stereocenters. The van der Waals surface area contributed by atoms with Crippen LogP contribution in [-0.4, -0.2) is 24.6 Å². The molecule has 0 aliphatic carbocycles. The van der Waals surface area contributed by atoms with Crippen molar-refractivity contribution in [3.63, 3.8) is 0 Å². The van der Waals surface area contributed by atoms with Crippen LogP contribution in [0.15, 0.2) is 4.99 Å². The van der Waals surface area contributed by atoms with Crippen LogP contribution in [0.25, 0.3) is 4.85 Å². The largest absolute Gasteiger partial charge is 0.473 e. The maximum absolute atomic E-state index is 6.56.